The Morgan fingerprint density at radius 1 is 1.35 bits per heavy atom. The molecule has 1 aromatic rings. The van der Waals surface area contributed by atoms with Crippen molar-refractivity contribution >= 4 is 16.5 Å². The summed E-state index contributed by atoms with van der Waals surface area (Å²) in [7, 11) is 0. The first-order valence-electron chi connectivity index (χ1n) is 5.29. The number of rotatable bonds is 3. The monoisotopic (exact) mass is 267 g/mol. The van der Waals surface area contributed by atoms with Crippen molar-refractivity contribution in [1.29, 1.82) is 0 Å². The lowest BCUT2D eigenvalue weighted by atomic mass is 10.1. The molecule has 1 aliphatic rings. The Kier molecular flexibility index (Phi) is 3.53. The summed E-state index contributed by atoms with van der Waals surface area (Å²) in [4.78, 5) is 0. The van der Waals surface area contributed by atoms with Gasteiger partial charge >= 0.3 is 6.18 Å². The van der Waals surface area contributed by atoms with Gasteiger partial charge in [-0.05, 0) is 12.8 Å². The van der Waals surface area contributed by atoms with Crippen LogP contribution in [0.4, 0.5) is 18.3 Å². The highest BCUT2D eigenvalue weighted by atomic mass is 32.1. The number of hydrogen-bond acceptors (Lipinski definition) is 5. The van der Waals surface area contributed by atoms with Crippen LogP contribution in [-0.4, -0.2) is 28.0 Å². The Hall–Kier alpha value is -0.890. The number of halogens is 3. The van der Waals surface area contributed by atoms with Crippen LogP contribution in [0.2, 0.25) is 0 Å². The predicted molar refractivity (Wildman–Crippen MR) is 56.7 cm³/mol. The van der Waals surface area contributed by atoms with Gasteiger partial charge in [-0.2, -0.15) is 13.2 Å². The molecule has 17 heavy (non-hydrogen) atoms. The lowest BCUT2D eigenvalue weighted by molar-refractivity contribution is -0.138. The molecule has 2 rings (SSSR count). The summed E-state index contributed by atoms with van der Waals surface area (Å²) < 4.78 is 36.7. The van der Waals surface area contributed by atoms with Crippen LogP contribution >= 0.6 is 11.3 Å². The smallest absolute Gasteiger partial charge is 0.393 e. The quantitative estimate of drug-likeness (QED) is 0.880. The summed E-state index contributed by atoms with van der Waals surface area (Å²) in [6.45, 7) is 0.438. The van der Waals surface area contributed by atoms with Gasteiger partial charge in [-0.3, -0.25) is 0 Å². The maximum Gasteiger partial charge on any atom is 0.445 e. The van der Waals surface area contributed by atoms with E-state index in [4.69, 9.17) is 0 Å². The number of alkyl halides is 3. The third-order valence-corrected chi connectivity index (χ3v) is 3.73. The summed E-state index contributed by atoms with van der Waals surface area (Å²) in [6.07, 6.45) is -2.20. The number of aliphatic hydroxyl groups is 1. The Labute approximate surface area is 99.9 Å². The van der Waals surface area contributed by atoms with E-state index in [-0.39, 0.29) is 17.2 Å². The minimum Gasteiger partial charge on any atom is -0.393 e. The average molecular weight is 267 g/mol. The second kappa shape index (κ2) is 4.77. The van der Waals surface area contributed by atoms with Gasteiger partial charge in [0.05, 0.1) is 6.10 Å². The second-order valence-electron chi connectivity index (χ2n) is 4.05. The van der Waals surface area contributed by atoms with Crippen LogP contribution < -0.4 is 5.32 Å². The fraction of sp³-hybridized carbons (Fsp3) is 0.778. The van der Waals surface area contributed by atoms with Gasteiger partial charge in [-0.15, -0.1) is 10.2 Å². The molecule has 1 saturated carbocycles. The summed E-state index contributed by atoms with van der Waals surface area (Å²) in [6, 6.07) is 0. The van der Waals surface area contributed by atoms with Crippen LogP contribution in [0.25, 0.3) is 0 Å². The molecule has 2 unspecified atom stereocenters. The highest BCUT2D eigenvalue weighted by molar-refractivity contribution is 7.15. The molecule has 0 amide bonds. The molecule has 1 aliphatic carbocycles. The molecular weight excluding hydrogens is 255 g/mol. The van der Waals surface area contributed by atoms with E-state index in [9.17, 15) is 18.3 Å². The van der Waals surface area contributed by atoms with E-state index < -0.39 is 11.2 Å². The number of aromatic nitrogens is 2. The molecule has 2 atom stereocenters. The number of aliphatic hydroxyl groups excluding tert-OH is 1. The number of hydrogen-bond donors (Lipinski definition) is 2. The minimum atomic E-state index is -4.44. The van der Waals surface area contributed by atoms with Crippen molar-refractivity contribution in [3.05, 3.63) is 5.01 Å². The summed E-state index contributed by atoms with van der Waals surface area (Å²) in [5, 5.41) is 18.0. The highest BCUT2D eigenvalue weighted by Gasteiger charge is 2.35. The molecule has 1 fully saturated rings. The summed E-state index contributed by atoms with van der Waals surface area (Å²) in [5.74, 6) is 0.0910. The van der Waals surface area contributed by atoms with Crippen molar-refractivity contribution < 1.29 is 18.3 Å². The van der Waals surface area contributed by atoms with E-state index in [2.05, 4.69) is 15.5 Å². The number of nitrogens with zero attached hydrogens (tertiary/aromatic N) is 2. The largest absolute Gasteiger partial charge is 0.445 e. The zero-order valence-electron chi connectivity index (χ0n) is 8.87. The molecule has 0 aliphatic heterocycles. The molecule has 0 saturated heterocycles. The van der Waals surface area contributed by atoms with Crippen LogP contribution in [0.15, 0.2) is 0 Å². The lowest BCUT2D eigenvalue weighted by Crippen LogP contribution is -2.21. The Morgan fingerprint density at radius 2 is 2.12 bits per heavy atom. The predicted octanol–water partition coefficient (Wildman–Crippen LogP) is 2.13. The number of nitrogens with one attached hydrogen (secondary N) is 1. The topological polar surface area (TPSA) is 58.0 Å². The molecule has 4 nitrogen and oxygen atoms in total. The Balaban J connectivity index is 1.89. The van der Waals surface area contributed by atoms with Crippen LogP contribution in [0.1, 0.15) is 24.3 Å². The molecule has 2 N–H and O–H groups in total. The van der Waals surface area contributed by atoms with Gasteiger partial charge in [0.2, 0.25) is 10.1 Å². The van der Waals surface area contributed by atoms with Gasteiger partial charge in [-0.1, -0.05) is 17.8 Å². The first-order chi connectivity index (χ1) is 7.97. The Bertz CT molecular complexity index is 382. The van der Waals surface area contributed by atoms with E-state index in [1.165, 1.54) is 0 Å². The fourth-order valence-electron chi connectivity index (χ4n) is 1.88. The first-order valence-corrected chi connectivity index (χ1v) is 6.11. The molecular formula is C9H12F3N3OS. The second-order valence-corrected chi connectivity index (χ2v) is 5.03. The average Bonchev–Trinajstić information content (AvgIpc) is 2.82. The van der Waals surface area contributed by atoms with Gasteiger partial charge in [0.1, 0.15) is 0 Å². The number of anilines is 1. The first kappa shape index (κ1) is 12.6. The molecule has 1 heterocycles. The zero-order chi connectivity index (χ0) is 12.5. The van der Waals surface area contributed by atoms with Crippen LogP contribution in [0.3, 0.4) is 0 Å². The molecule has 96 valence electrons. The molecule has 8 heteroatoms. The van der Waals surface area contributed by atoms with E-state index in [1.54, 1.807) is 0 Å². The van der Waals surface area contributed by atoms with E-state index in [0.717, 1.165) is 19.3 Å². The van der Waals surface area contributed by atoms with Crippen molar-refractivity contribution in [1.82, 2.24) is 10.2 Å². The Morgan fingerprint density at radius 3 is 2.65 bits per heavy atom. The van der Waals surface area contributed by atoms with Gasteiger partial charge < -0.3 is 10.4 Å². The normalized spacial score (nSPS) is 25.2. The molecule has 1 aromatic heterocycles. The highest BCUT2D eigenvalue weighted by Crippen LogP contribution is 2.33. The fourth-order valence-corrected chi connectivity index (χ4v) is 2.50. The molecule has 0 bridgehead atoms. The van der Waals surface area contributed by atoms with Gasteiger partial charge in [0.25, 0.3) is 0 Å². The van der Waals surface area contributed by atoms with E-state index in [1.807, 2.05) is 0 Å². The maximum atomic E-state index is 12.2. The SMILES string of the molecule is OC1CCCC1CNc1nnc(C(F)(F)F)s1. The standard InChI is InChI=1S/C9H12F3N3OS/c10-9(11,12)7-14-15-8(17-7)13-4-5-2-1-3-6(5)16/h5-6,16H,1-4H2,(H,13,15). The van der Waals surface area contributed by atoms with Crippen LogP contribution in [0, 0.1) is 5.92 Å². The van der Waals surface area contributed by atoms with Gasteiger partial charge in [-0.25, -0.2) is 0 Å². The minimum absolute atomic E-state index is 0.0910. The molecule has 0 radical (unpaired) electrons. The van der Waals surface area contributed by atoms with Crippen molar-refractivity contribution in [2.75, 3.05) is 11.9 Å². The third-order valence-electron chi connectivity index (χ3n) is 2.80. The zero-order valence-corrected chi connectivity index (χ0v) is 9.68. The van der Waals surface area contributed by atoms with Crippen LogP contribution in [0.5, 0.6) is 0 Å². The van der Waals surface area contributed by atoms with Crippen molar-refractivity contribution in [3.8, 4) is 0 Å². The van der Waals surface area contributed by atoms with Crippen molar-refractivity contribution in [2.24, 2.45) is 5.92 Å². The van der Waals surface area contributed by atoms with Crippen LogP contribution in [-0.2, 0) is 6.18 Å². The maximum absolute atomic E-state index is 12.2. The van der Waals surface area contributed by atoms with E-state index >= 15 is 0 Å². The third kappa shape index (κ3) is 3.06. The summed E-state index contributed by atoms with van der Waals surface area (Å²) in [5.41, 5.74) is 0. The lowest BCUT2D eigenvalue weighted by Gasteiger charge is -2.13. The molecule has 0 aromatic carbocycles. The van der Waals surface area contributed by atoms with Gasteiger partial charge in [0.15, 0.2) is 0 Å². The van der Waals surface area contributed by atoms with Crippen molar-refractivity contribution in [3.63, 3.8) is 0 Å². The van der Waals surface area contributed by atoms with E-state index in [0.29, 0.717) is 17.9 Å². The summed E-state index contributed by atoms with van der Waals surface area (Å²) >= 11 is 0.484. The van der Waals surface area contributed by atoms with Crippen molar-refractivity contribution in [2.45, 2.75) is 31.5 Å². The van der Waals surface area contributed by atoms with Gasteiger partial charge in [0, 0.05) is 12.5 Å². The molecule has 0 spiro atoms.